The van der Waals surface area contributed by atoms with Gasteiger partial charge in [0.25, 0.3) is 0 Å². The molecule has 0 radical (unpaired) electrons. The molecule has 2 aromatic heterocycles. The monoisotopic (exact) mass is 186 g/mol. The third kappa shape index (κ3) is 1.73. The molecule has 0 aliphatic carbocycles. The van der Waals surface area contributed by atoms with Gasteiger partial charge in [0.1, 0.15) is 5.52 Å². The van der Waals surface area contributed by atoms with Crippen LogP contribution in [0, 0.1) is 11.8 Å². The van der Waals surface area contributed by atoms with E-state index >= 15 is 0 Å². The first-order valence-electron chi connectivity index (χ1n) is 4.33. The summed E-state index contributed by atoms with van der Waals surface area (Å²) in [6.45, 7) is 0.682. The molecule has 2 aromatic rings. The second-order valence-electron chi connectivity index (χ2n) is 2.86. The largest absolute Gasteiger partial charge is 0.309 e. The number of rotatable bonds is 1. The standard InChI is InChI=1S/C10H10N4/c1-11-4-2-3-8-5-9-10(12-6-8)7-13-14-9/h5-7,11H,4H2,1H3,(H,13,14). The molecule has 70 valence electrons. The molecule has 0 spiro atoms. The van der Waals surface area contributed by atoms with Crippen molar-refractivity contribution in [2.75, 3.05) is 13.6 Å². The van der Waals surface area contributed by atoms with E-state index in [1.165, 1.54) is 0 Å². The Morgan fingerprint density at radius 2 is 2.43 bits per heavy atom. The van der Waals surface area contributed by atoms with Gasteiger partial charge in [-0.15, -0.1) is 0 Å². The predicted molar refractivity (Wildman–Crippen MR) is 54.7 cm³/mol. The Balaban J connectivity index is 2.31. The molecule has 2 N–H and O–H groups in total. The van der Waals surface area contributed by atoms with Gasteiger partial charge in [0.05, 0.1) is 18.3 Å². The lowest BCUT2D eigenvalue weighted by Crippen LogP contribution is -2.04. The molecular formula is C10H10N4. The maximum absolute atomic E-state index is 4.20. The van der Waals surface area contributed by atoms with Crippen LogP contribution in [-0.2, 0) is 0 Å². The number of aromatic amines is 1. The summed E-state index contributed by atoms with van der Waals surface area (Å²) < 4.78 is 0. The van der Waals surface area contributed by atoms with Gasteiger partial charge in [-0.1, -0.05) is 11.8 Å². The predicted octanol–water partition coefficient (Wildman–Crippen LogP) is 0.529. The molecule has 0 saturated carbocycles. The number of hydrogen-bond donors (Lipinski definition) is 2. The zero-order valence-electron chi connectivity index (χ0n) is 7.83. The fourth-order valence-corrected chi connectivity index (χ4v) is 1.13. The highest BCUT2D eigenvalue weighted by Gasteiger charge is 1.96. The summed E-state index contributed by atoms with van der Waals surface area (Å²) >= 11 is 0. The number of hydrogen-bond acceptors (Lipinski definition) is 3. The fraction of sp³-hybridized carbons (Fsp3) is 0.200. The zero-order chi connectivity index (χ0) is 9.80. The van der Waals surface area contributed by atoms with E-state index in [9.17, 15) is 0 Å². The van der Waals surface area contributed by atoms with Crippen LogP contribution in [0.2, 0.25) is 0 Å². The Bertz CT molecular complexity index is 489. The van der Waals surface area contributed by atoms with Crippen LogP contribution in [0.1, 0.15) is 5.56 Å². The summed E-state index contributed by atoms with van der Waals surface area (Å²) in [6.07, 6.45) is 3.45. The van der Waals surface area contributed by atoms with Gasteiger partial charge in [-0.25, -0.2) is 0 Å². The van der Waals surface area contributed by atoms with Gasteiger partial charge < -0.3 is 5.32 Å². The highest BCUT2D eigenvalue weighted by molar-refractivity contribution is 5.74. The van der Waals surface area contributed by atoms with Crippen LogP contribution in [0.3, 0.4) is 0 Å². The number of pyridine rings is 1. The molecule has 2 heterocycles. The summed E-state index contributed by atoms with van der Waals surface area (Å²) in [6, 6.07) is 1.94. The number of nitrogens with one attached hydrogen (secondary N) is 2. The quantitative estimate of drug-likeness (QED) is 0.639. The van der Waals surface area contributed by atoms with Crippen LogP contribution in [0.4, 0.5) is 0 Å². The van der Waals surface area contributed by atoms with E-state index in [0.29, 0.717) is 6.54 Å². The van der Waals surface area contributed by atoms with E-state index in [1.54, 1.807) is 12.4 Å². The molecule has 14 heavy (non-hydrogen) atoms. The highest BCUT2D eigenvalue weighted by atomic mass is 15.1. The Kier molecular flexibility index (Phi) is 2.43. The smallest absolute Gasteiger partial charge is 0.108 e. The summed E-state index contributed by atoms with van der Waals surface area (Å²) in [4.78, 5) is 4.20. The van der Waals surface area contributed by atoms with E-state index in [-0.39, 0.29) is 0 Å². The van der Waals surface area contributed by atoms with E-state index in [2.05, 4.69) is 32.3 Å². The lowest BCUT2D eigenvalue weighted by atomic mass is 10.2. The van der Waals surface area contributed by atoms with Crippen molar-refractivity contribution in [1.82, 2.24) is 20.5 Å². The highest BCUT2D eigenvalue weighted by Crippen LogP contribution is 2.07. The number of aromatic nitrogens is 3. The van der Waals surface area contributed by atoms with Gasteiger partial charge in [0.15, 0.2) is 0 Å². The topological polar surface area (TPSA) is 53.6 Å². The first-order chi connectivity index (χ1) is 6.90. The minimum atomic E-state index is 0.682. The molecule has 0 aliphatic rings. The molecule has 2 rings (SSSR count). The second-order valence-corrected chi connectivity index (χ2v) is 2.86. The Morgan fingerprint density at radius 1 is 1.50 bits per heavy atom. The summed E-state index contributed by atoms with van der Waals surface area (Å²) in [7, 11) is 1.87. The minimum absolute atomic E-state index is 0.682. The maximum Gasteiger partial charge on any atom is 0.108 e. The SMILES string of the molecule is CNCC#Cc1cnc2cn[nH]c2c1. The van der Waals surface area contributed by atoms with Crippen molar-refractivity contribution in [2.24, 2.45) is 0 Å². The Hall–Kier alpha value is -1.86. The van der Waals surface area contributed by atoms with Gasteiger partial charge in [-0.2, -0.15) is 5.10 Å². The molecule has 4 nitrogen and oxygen atoms in total. The third-order valence-electron chi connectivity index (χ3n) is 1.79. The first kappa shape index (κ1) is 8.73. The van der Waals surface area contributed by atoms with Crippen molar-refractivity contribution >= 4 is 11.0 Å². The van der Waals surface area contributed by atoms with E-state index in [1.807, 2.05) is 13.1 Å². The average molecular weight is 186 g/mol. The van der Waals surface area contributed by atoms with Crippen LogP contribution in [0.5, 0.6) is 0 Å². The summed E-state index contributed by atoms with van der Waals surface area (Å²) in [5, 5.41) is 9.70. The fourth-order valence-electron chi connectivity index (χ4n) is 1.13. The minimum Gasteiger partial charge on any atom is -0.309 e. The molecule has 0 bridgehead atoms. The molecule has 4 heteroatoms. The Labute approximate surface area is 81.7 Å². The summed E-state index contributed by atoms with van der Waals surface area (Å²) in [5.74, 6) is 5.98. The Morgan fingerprint density at radius 3 is 3.29 bits per heavy atom. The van der Waals surface area contributed by atoms with E-state index in [0.717, 1.165) is 16.6 Å². The van der Waals surface area contributed by atoms with Crippen molar-refractivity contribution in [3.63, 3.8) is 0 Å². The van der Waals surface area contributed by atoms with Crippen molar-refractivity contribution in [1.29, 1.82) is 0 Å². The molecule has 0 aromatic carbocycles. The number of fused-ring (bicyclic) bond motifs is 1. The molecule has 0 unspecified atom stereocenters. The van der Waals surface area contributed by atoms with Crippen molar-refractivity contribution in [2.45, 2.75) is 0 Å². The lowest BCUT2D eigenvalue weighted by Gasteiger charge is -1.90. The summed E-state index contributed by atoms with van der Waals surface area (Å²) in [5.41, 5.74) is 2.68. The van der Waals surface area contributed by atoms with Gasteiger partial charge in [0, 0.05) is 11.8 Å². The first-order valence-corrected chi connectivity index (χ1v) is 4.33. The molecule has 0 atom stereocenters. The maximum atomic E-state index is 4.20. The lowest BCUT2D eigenvalue weighted by molar-refractivity contribution is 0.938. The van der Waals surface area contributed by atoms with E-state index in [4.69, 9.17) is 0 Å². The normalized spacial score (nSPS) is 9.79. The van der Waals surface area contributed by atoms with Crippen LogP contribution < -0.4 is 5.32 Å². The number of nitrogens with zero attached hydrogens (tertiary/aromatic N) is 2. The molecule has 0 saturated heterocycles. The number of H-pyrrole nitrogens is 1. The average Bonchev–Trinajstić information content (AvgIpc) is 2.65. The van der Waals surface area contributed by atoms with Crippen LogP contribution in [0.25, 0.3) is 11.0 Å². The van der Waals surface area contributed by atoms with Crippen molar-refractivity contribution < 1.29 is 0 Å². The molecule has 0 aliphatic heterocycles. The van der Waals surface area contributed by atoms with Crippen LogP contribution >= 0.6 is 0 Å². The van der Waals surface area contributed by atoms with Gasteiger partial charge in [-0.05, 0) is 13.1 Å². The third-order valence-corrected chi connectivity index (χ3v) is 1.79. The van der Waals surface area contributed by atoms with Gasteiger partial charge in [0.2, 0.25) is 0 Å². The van der Waals surface area contributed by atoms with Gasteiger partial charge in [-0.3, -0.25) is 10.1 Å². The van der Waals surface area contributed by atoms with Crippen molar-refractivity contribution in [3.8, 4) is 11.8 Å². The molecule has 0 fully saturated rings. The molecular weight excluding hydrogens is 176 g/mol. The molecule has 0 amide bonds. The van der Waals surface area contributed by atoms with Crippen LogP contribution in [-0.4, -0.2) is 28.8 Å². The second kappa shape index (κ2) is 3.90. The van der Waals surface area contributed by atoms with Crippen molar-refractivity contribution in [3.05, 3.63) is 24.0 Å². The van der Waals surface area contributed by atoms with Gasteiger partial charge >= 0.3 is 0 Å². The van der Waals surface area contributed by atoms with E-state index < -0.39 is 0 Å². The zero-order valence-corrected chi connectivity index (χ0v) is 7.83. The van der Waals surface area contributed by atoms with Crippen LogP contribution in [0.15, 0.2) is 18.5 Å².